The van der Waals surface area contributed by atoms with Crippen molar-refractivity contribution in [2.45, 2.75) is 45.3 Å². The van der Waals surface area contributed by atoms with E-state index in [9.17, 15) is 14.4 Å². The Morgan fingerprint density at radius 3 is 2.63 bits per heavy atom. The molecule has 0 radical (unpaired) electrons. The highest BCUT2D eigenvalue weighted by Gasteiger charge is 2.57. The predicted octanol–water partition coefficient (Wildman–Crippen LogP) is 1.41. The molecule has 1 aliphatic carbocycles. The minimum atomic E-state index is -1.02. The summed E-state index contributed by atoms with van der Waals surface area (Å²) < 4.78 is 10.5. The van der Waals surface area contributed by atoms with Gasteiger partial charge in [-0.15, -0.1) is 0 Å². The number of fused-ring (bicyclic) bond motifs is 1. The Labute approximate surface area is 111 Å². The average molecular weight is 266 g/mol. The summed E-state index contributed by atoms with van der Waals surface area (Å²) in [6, 6.07) is 0. The molecule has 0 N–H and O–H groups in total. The number of rotatable bonds is 1. The quantitative estimate of drug-likeness (QED) is 0.530. The van der Waals surface area contributed by atoms with E-state index in [-0.39, 0.29) is 12.2 Å². The zero-order valence-electron chi connectivity index (χ0n) is 11.6. The molecule has 1 aliphatic heterocycles. The first-order valence-corrected chi connectivity index (χ1v) is 6.30. The molecule has 3 atom stereocenters. The van der Waals surface area contributed by atoms with Crippen molar-refractivity contribution >= 4 is 17.7 Å². The van der Waals surface area contributed by atoms with Gasteiger partial charge in [0.15, 0.2) is 11.7 Å². The smallest absolute Gasteiger partial charge is 0.321 e. The van der Waals surface area contributed by atoms with Gasteiger partial charge < -0.3 is 9.47 Å². The van der Waals surface area contributed by atoms with Crippen molar-refractivity contribution in [3.8, 4) is 0 Å². The van der Waals surface area contributed by atoms with Crippen molar-refractivity contribution in [3.63, 3.8) is 0 Å². The van der Waals surface area contributed by atoms with Crippen LogP contribution in [0, 0.1) is 11.8 Å². The summed E-state index contributed by atoms with van der Waals surface area (Å²) in [7, 11) is 0. The van der Waals surface area contributed by atoms with E-state index < -0.39 is 35.0 Å². The molecule has 1 fully saturated rings. The number of esters is 2. The zero-order valence-corrected chi connectivity index (χ0v) is 11.6. The van der Waals surface area contributed by atoms with Gasteiger partial charge in [-0.1, -0.05) is 0 Å². The number of hydrogen-bond acceptors (Lipinski definition) is 5. The van der Waals surface area contributed by atoms with E-state index in [0.29, 0.717) is 0 Å². The van der Waals surface area contributed by atoms with Crippen molar-refractivity contribution in [2.75, 3.05) is 0 Å². The van der Waals surface area contributed by atoms with E-state index in [0.717, 1.165) is 0 Å². The number of allylic oxidation sites excluding steroid dienone is 1. The van der Waals surface area contributed by atoms with Gasteiger partial charge in [0.05, 0.1) is 0 Å². The van der Waals surface area contributed by atoms with Gasteiger partial charge in [0.2, 0.25) is 0 Å². The second-order valence-electron chi connectivity index (χ2n) is 6.23. The molecule has 2 aliphatic rings. The molecule has 0 spiro atoms. The lowest BCUT2D eigenvalue weighted by atomic mass is 9.75. The van der Waals surface area contributed by atoms with E-state index in [2.05, 4.69) is 0 Å². The molecular weight excluding hydrogens is 248 g/mol. The first kappa shape index (κ1) is 13.8. The summed E-state index contributed by atoms with van der Waals surface area (Å²) >= 11 is 0. The van der Waals surface area contributed by atoms with Crippen molar-refractivity contribution in [3.05, 3.63) is 12.2 Å². The molecule has 2 rings (SSSR count). The maximum atomic E-state index is 12.1. The average Bonchev–Trinajstić information content (AvgIpc) is 2.46. The largest absolute Gasteiger partial charge is 0.459 e. The predicted molar refractivity (Wildman–Crippen MR) is 66.1 cm³/mol. The van der Waals surface area contributed by atoms with Gasteiger partial charge in [-0.3, -0.25) is 14.4 Å². The molecule has 0 bridgehead atoms. The molecule has 1 saturated heterocycles. The maximum absolute atomic E-state index is 12.1. The third-order valence-corrected chi connectivity index (χ3v) is 3.40. The highest BCUT2D eigenvalue weighted by Crippen LogP contribution is 2.43. The van der Waals surface area contributed by atoms with Crippen LogP contribution in [0.25, 0.3) is 0 Å². The van der Waals surface area contributed by atoms with Crippen LogP contribution < -0.4 is 0 Å². The Hall–Kier alpha value is -1.65. The van der Waals surface area contributed by atoms with Crippen LogP contribution in [0.4, 0.5) is 0 Å². The van der Waals surface area contributed by atoms with Crippen LogP contribution in [0.1, 0.15) is 34.1 Å². The van der Waals surface area contributed by atoms with E-state index >= 15 is 0 Å². The summed E-state index contributed by atoms with van der Waals surface area (Å²) in [5.74, 6) is -2.82. The van der Waals surface area contributed by atoms with Gasteiger partial charge in [0, 0.05) is 12.3 Å². The van der Waals surface area contributed by atoms with Crippen molar-refractivity contribution in [2.24, 2.45) is 11.8 Å². The topological polar surface area (TPSA) is 69.7 Å². The van der Waals surface area contributed by atoms with Crippen molar-refractivity contribution in [1.29, 1.82) is 0 Å². The third kappa shape index (κ3) is 2.55. The molecule has 5 heteroatoms. The van der Waals surface area contributed by atoms with Gasteiger partial charge in [-0.05, 0) is 39.8 Å². The molecule has 104 valence electrons. The molecular formula is C14H18O5. The van der Waals surface area contributed by atoms with E-state index in [1.807, 2.05) is 0 Å². The number of carbonyl (C=O) groups is 3. The number of ether oxygens (including phenoxy) is 2. The Kier molecular flexibility index (Phi) is 3.03. The van der Waals surface area contributed by atoms with Gasteiger partial charge in [-0.25, -0.2) is 0 Å². The minimum absolute atomic E-state index is 0.102. The number of ketones is 1. The van der Waals surface area contributed by atoms with Gasteiger partial charge in [0.1, 0.15) is 11.2 Å². The molecule has 5 nitrogen and oxygen atoms in total. The fourth-order valence-corrected chi connectivity index (χ4v) is 2.50. The van der Waals surface area contributed by atoms with Crippen LogP contribution in [-0.2, 0) is 23.9 Å². The Morgan fingerprint density at radius 1 is 1.42 bits per heavy atom. The second kappa shape index (κ2) is 4.18. The lowest BCUT2D eigenvalue weighted by molar-refractivity contribution is -0.165. The molecule has 0 unspecified atom stereocenters. The fourth-order valence-electron chi connectivity index (χ4n) is 2.50. The SMILES string of the molecule is CC(C)(C)OC(=O)[C@H]1C(=O)O[C@]2(C)C=CC(=O)C[C@H]12. The molecule has 1 heterocycles. The van der Waals surface area contributed by atoms with Gasteiger partial charge >= 0.3 is 11.9 Å². The molecule has 0 aromatic heterocycles. The lowest BCUT2D eigenvalue weighted by Gasteiger charge is -2.30. The summed E-state index contributed by atoms with van der Waals surface area (Å²) in [5, 5.41) is 0. The Bertz CT molecular complexity index is 471. The van der Waals surface area contributed by atoms with E-state index in [4.69, 9.17) is 9.47 Å². The Morgan fingerprint density at radius 2 is 2.05 bits per heavy atom. The van der Waals surface area contributed by atoms with Crippen LogP contribution in [0.15, 0.2) is 12.2 Å². The first-order valence-electron chi connectivity index (χ1n) is 6.30. The molecule has 19 heavy (non-hydrogen) atoms. The van der Waals surface area contributed by atoms with E-state index in [1.54, 1.807) is 33.8 Å². The maximum Gasteiger partial charge on any atom is 0.321 e. The standard InChI is InChI=1S/C14H18O5/c1-13(2,3)18-11(16)10-9-7-8(15)5-6-14(9,4)19-12(10)17/h5-6,9-10H,7H2,1-4H3/t9-,10+,14-/m1/s1. The second-order valence-corrected chi connectivity index (χ2v) is 6.23. The van der Waals surface area contributed by atoms with Crippen molar-refractivity contribution < 1.29 is 23.9 Å². The fraction of sp³-hybridized carbons (Fsp3) is 0.643. The van der Waals surface area contributed by atoms with Crippen LogP contribution >= 0.6 is 0 Å². The summed E-state index contributed by atoms with van der Waals surface area (Å²) in [6.07, 6.45) is 3.09. The number of carbonyl (C=O) groups excluding carboxylic acids is 3. The molecule has 0 aromatic rings. The molecule has 0 amide bonds. The lowest BCUT2D eigenvalue weighted by Crippen LogP contribution is -2.40. The summed E-state index contributed by atoms with van der Waals surface area (Å²) in [6.45, 7) is 6.91. The third-order valence-electron chi connectivity index (χ3n) is 3.40. The normalized spacial score (nSPS) is 33.9. The highest BCUT2D eigenvalue weighted by molar-refractivity contribution is 6.00. The molecule has 0 aromatic carbocycles. The number of hydrogen-bond donors (Lipinski definition) is 0. The zero-order chi connectivity index (χ0) is 14.4. The van der Waals surface area contributed by atoms with Crippen LogP contribution in [0.3, 0.4) is 0 Å². The summed E-state index contributed by atoms with van der Waals surface area (Å²) in [5.41, 5.74) is -1.56. The monoisotopic (exact) mass is 266 g/mol. The first-order chi connectivity index (χ1) is 8.62. The van der Waals surface area contributed by atoms with Crippen molar-refractivity contribution in [1.82, 2.24) is 0 Å². The molecule has 0 saturated carbocycles. The van der Waals surface area contributed by atoms with Crippen LogP contribution in [0.2, 0.25) is 0 Å². The van der Waals surface area contributed by atoms with Crippen LogP contribution in [0.5, 0.6) is 0 Å². The van der Waals surface area contributed by atoms with E-state index in [1.165, 1.54) is 6.08 Å². The van der Waals surface area contributed by atoms with Gasteiger partial charge in [-0.2, -0.15) is 0 Å². The van der Waals surface area contributed by atoms with Gasteiger partial charge in [0.25, 0.3) is 0 Å². The minimum Gasteiger partial charge on any atom is -0.459 e. The van der Waals surface area contributed by atoms with Crippen LogP contribution in [-0.4, -0.2) is 28.9 Å². The highest BCUT2D eigenvalue weighted by atomic mass is 16.6. The Balaban J connectivity index is 2.26. The summed E-state index contributed by atoms with van der Waals surface area (Å²) in [4.78, 5) is 35.5.